The smallest absolute Gasteiger partial charge is 0.415 e. The van der Waals surface area contributed by atoms with Crippen molar-refractivity contribution in [2.75, 3.05) is 6.35 Å². The predicted octanol–water partition coefficient (Wildman–Crippen LogP) is 4.76. The zero-order valence-electron chi connectivity index (χ0n) is 11.4. The van der Waals surface area contributed by atoms with Crippen LogP contribution in [-0.4, -0.2) is 15.1 Å². The third-order valence-electron chi connectivity index (χ3n) is 2.43. The molecule has 0 aliphatic heterocycles. The SMILES string of the molecule is O=S(O)OCP(=O)(Oc1ccc(Cl)cc1)Oc1ccc(Cl)cc1. The summed E-state index contributed by atoms with van der Waals surface area (Å²) in [6, 6.07) is 12.1. The fourth-order valence-corrected chi connectivity index (χ4v) is 3.65. The Bertz CT molecular complexity index is 671. The quantitative estimate of drug-likeness (QED) is 0.536. The first-order chi connectivity index (χ1) is 10.9. The van der Waals surface area contributed by atoms with Crippen molar-refractivity contribution in [3.63, 3.8) is 0 Å². The van der Waals surface area contributed by atoms with Crippen molar-refractivity contribution in [2.24, 2.45) is 0 Å². The van der Waals surface area contributed by atoms with Crippen LogP contribution in [0.4, 0.5) is 0 Å². The van der Waals surface area contributed by atoms with Crippen LogP contribution >= 0.6 is 30.8 Å². The summed E-state index contributed by atoms with van der Waals surface area (Å²) in [4.78, 5) is 0. The predicted molar refractivity (Wildman–Crippen MR) is 88.5 cm³/mol. The monoisotopic (exact) mass is 396 g/mol. The lowest BCUT2D eigenvalue weighted by molar-refractivity contribution is 0.303. The summed E-state index contributed by atoms with van der Waals surface area (Å²) in [5.74, 6) is 0.415. The lowest BCUT2D eigenvalue weighted by Crippen LogP contribution is -2.09. The fraction of sp³-hybridized carbons (Fsp3) is 0.0769. The van der Waals surface area contributed by atoms with Gasteiger partial charge in [0.25, 0.3) is 0 Å². The molecule has 2 rings (SSSR count). The number of benzene rings is 2. The first-order valence-corrected chi connectivity index (χ1v) is 9.61. The number of halogens is 2. The van der Waals surface area contributed by atoms with Crippen LogP contribution in [0, 0.1) is 0 Å². The van der Waals surface area contributed by atoms with E-state index in [9.17, 15) is 8.77 Å². The van der Waals surface area contributed by atoms with E-state index in [1.807, 2.05) is 0 Å². The lowest BCUT2D eigenvalue weighted by atomic mass is 10.3. The van der Waals surface area contributed by atoms with E-state index in [2.05, 4.69) is 4.18 Å². The average molecular weight is 397 g/mol. The minimum atomic E-state index is -3.91. The van der Waals surface area contributed by atoms with Crippen LogP contribution in [0.15, 0.2) is 48.5 Å². The molecule has 2 aromatic carbocycles. The maximum atomic E-state index is 12.7. The van der Waals surface area contributed by atoms with Crippen LogP contribution in [0.2, 0.25) is 10.0 Å². The Labute approximate surface area is 145 Å². The van der Waals surface area contributed by atoms with Gasteiger partial charge in [-0.15, -0.1) is 0 Å². The van der Waals surface area contributed by atoms with E-state index in [4.69, 9.17) is 36.8 Å². The molecule has 10 heteroatoms. The van der Waals surface area contributed by atoms with E-state index < -0.39 is 25.3 Å². The number of hydrogen-bond donors (Lipinski definition) is 1. The highest BCUT2D eigenvalue weighted by atomic mass is 35.5. The van der Waals surface area contributed by atoms with Gasteiger partial charge in [-0.1, -0.05) is 23.2 Å². The largest absolute Gasteiger partial charge is 0.457 e. The van der Waals surface area contributed by atoms with E-state index in [1.165, 1.54) is 48.5 Å². The number of hydrogen-bond acceptors (Lipinski definition) is 5. The van der Waals surface area contributed by atoms with Gasteiger partial charge in [-0.05, 0) is 48.5 Å². The highest BCUT2D eigenvalue weighted by Crippen LogP contribution is 2.48. The van der Waals surface area contributed by atoms with Crippen molar-refractivity contribution in [1.82, 2.24) is 0 Å². The van der Waals surface area contributed by atoms with Crippen LogP contribution in [0.5, 0.6) is 11.5 Å². The summed E-state index contributed by atoms with van der Waals surface area (Å²) in [6.45, 7) is 0. The lowest BCUT2D eigenvalue weighted by Gasteiger charge is -2.19. The molecule has 0 bridgehead atoms. The molecule has 0 saturated carbocycles. The molecule has 1 N–H and O–H groups in total. The number of rotatable bonds is 7. The summed E-state index contributed by atoms with van der Waals surface area (Å²) in [7, 11) is -3.91. The van der Waals surface area contributed by atoms with E-state index in [0.717, 1.165) is 0 Å². The molecule has 0 heterocycles. The van der Waals surface area contributed by atoms with Crippen LogP contribution < -0.4 is 9.05 Å². The van der Waals surface area contributed by atoms with Gasteiger partial charge in [-0.2, -0.15) is 4.21 Å². The molecule has 0 radical (unpaired) electrons. The molecule has 1 unspecified atom stereocenters. The Kier molecular flexibility index (Phi) is 6.47. The minimum Gasteiger partial charge on any atom is -0.415 e. The van der Waals surface area contributed by atoms with Crippen LogP contribution in [0.3, 0.4) is 0 Å². The van der Waals surface area contributed by atoms with Gasteiger partial charge in [0.1, 0.15) is 11.5 Å². The maximum absolute atomic E-state index is 12.7. The standard InChI is InChI=1S/C13H11Cl2O6PS/c14-10-1-5-12(6-2-10)20-22(16,9-19-23(17)18)21-13-7-3-11(15)4-8-13/h1-8H,9H2,(H,17,18). The molecule has 0 amide bonds. The molecule has 0 aromatic heterocycles. The molecule has 0 aliphatic carbocycles. The second-order valence-corrected chi connectivity index (χ2v) is 7.55. The van der Waals surface area contributed by atoms with Crippen molar-refractivity contribution >= 4 is 42.2 Å². The Morgan fingerprint density at radius 2 is 1.30 bits per heavy atom. The van der Waals surface area contributed by atoms with E-state index >= 15 is 0 Å². The Morgan fingerprint density at radius 1 is 0.913 bits per heavy atom. The molecule has 0 aliphatic rings. The molecule has 6 nitrogen and oxygen atoms in total. The minimum absolute atomic E-state index is 0.207. The normalized spacial score (nSPS) is 12.7. The Balaban J connectivity index is 2.20. The second kappa shape index (κ2) is 8.15. The van der Waals surface area contributed by atoms with Gasteiger partial charge >= 0.3 is 19.0 Å². The second-order valence-electron chi connectivity index (χ2n) is 4.17. The van der Waals surface area contributed by atoms with Crippen molar-refractivity contribution in [2.45, 2.75) is 0 Å². The summed E-state index contributed by atoms with van der Waals surface area (Å²) >= 11 is 8.92. The molecular formula is C13H11Cl2O6PS. The highest BCUT2D eigenvalue weighted by Gasteiger charge is 2.30. The van der Waals surface area contributed by atoms with Crippen molar-refractivity contribution in [3.05, 3.63) is 58.6 Å². The first kappa shape index (κ1) is 18.3. The van der Waals surface area contributed by atoms with Crippen LogP contribution in [0.1, 0.15) is 0 Å². The molecular weight excluding hydrogens is 386 g/mol. The van der Waals surface area contributed by atoms with Gasteiger partial charge in [0.15, 0.2) is 6.35 Å². The third kappa shape index (κ3) is 6.14. The molecule has 0 saturated heterocycles. The topological polar surface area (TPSA) is 82.1 Å². The Morgan fingerprint density at radius 3 is 1.65 bits per heavy atom. The zero-order chi connectivity index (χ0) is 16.9. The third-order valence-corrected chi connectivity index (χ3v) is 4.85. The van der Waals surface area contributed by atoms with Crippen LogP contribution in [-0.2, 0) is 20.1 Å². The van der Waals surface area contributed by atoms with Gasteiger partial charge in [0, 0.05) is 10.0 Å². The van der Waals surface area contributed by atoms with Gasteiger partial charge in [0.05, 0.1) is 0 Å². The van der Waals surface area contributed by atoms with Gasteiger partial charge in [-0.25, -0.2) is 4.57 Å². The average Bonchev–Trinajstić information content (AvgIpc) is 2.50. The maximum Gasteiger partial charge on any atom is 0.457 e. The Hall–Kier alpha value is -1.08. The summed E-state index contributed by atoms with van der Waals surface area (Å²) in [6.07, 6.45) is -0.721. The van der Waals surface area contributed by atoms with Crippen LogP contribution in [0.25, 0.3) is 0 Å². The summed E-state index contributed by atoms with van der Waals surface area (Å²) < 4.78 is 47.2. The molecule has 23 heavy (non-hydrogen) atoms. The molecule has 0 spiro atoms. The van der Waals surface area contributed by atoms with Crippen molar-refractivity contribution < 1.29 is 26.6 Å². The first-order valence-electron chi connectivity index (χ1n) is 6.10. The summed E-state index contributed by atoms with van der Waals surface area (Å²) in [5.41, 5.74) is 0. The summed E-state index contributed by atoms with van der Waals surface area (Å²) in [5, 5.41) is 0.942. The van der Waals surface area contributed by atoms with E-state index in [0.29, 0.717) is 10.0 Å². The van der Waals surface area contributed by atoms with E-state index in [-0.39, 0.29) is 11.5 Å². The fourth-order valence-electron chi connectivity index (χ4n) is 1.49. The molecule has 2 aromatic rings. The highest BCUT2D eigenvalue weighted by molar-refractivity contribution is 7.74. The molecule has 124 valence electrons. The van der Waals surface area contributed by atoms with E-state index in [1.54, 1.807) is 0 Å². The molecule has 1 atom stereocenters. The zero-order valence-corrected chi connectivity index (χ0v) is 14.6. The van der Waals surface area contributed by atoms with Crippen molar-refractivity contribution in [3.8, 4) is 11.5 Å². The van der Waals surface area contributed by atoms with Gasteiger partial charge in [-0.3, -0.25) is 8.74 Å². The molecule has 0 fully saturated rings. The van der Waals surface area contributed by atoms with Crippen molar-refractivity contribution in [1.29, 1.82) is 0 Å². The van der Waals surface area contributed by atoms with Gasteiger partial charge in [0.2, 0.25) is 0 Å². The van der Waals surface area contributed by atoms with Gasteiger partial charge < -0.3 is 9.05 Å².